The summed E-state index contributed by atoms with van der Waals surface area (Å²) in [6.45, 7) is 0. The number of aliphatic hydroxyl groups is 1. The van der Waals surface area contributed by atoms with Crippen LogP contribution in [0, 0.1) is 52.8 Å². The highest BCUT2D eigenvalue weighted by Gasteiger charge is 2.88. The molecule has 5 fully saturated rings. The first kappa shape index (κ1) is 8.23. The number of nitrogens with one attached hydrogen (secondary N) is 1. The Labute approximate surface area is 92.2 Å². The molecule has 0 radical (unpaired) electrons. The number of aliphatic carboxylic acids is 1. The predicted molar refractivity (Wildman–Crippen MR) is 52.8 cm³/mol. The first-order valence-corrected chi connectivity index (χ1v) is 6.12. The molecule has 1 unspecified atom stereocenters. The molecule has 5 aliphatic rings. The van der Waals surface area contributed by atoms with Crippen molar-refractivity contribution in [3.8, 4) is 0 Å². The van der Waals surface area contributed by atoms with Gasteiger partial charge in [-0.25, -0.2) is 4.79 Å². The van der Waals surface area contributed by atoms with Gasteiger partial charge in [0.05, 0.1) is 0 Å². The Morgan fingerprint density at radius 3 is 2.69 bits per heavy atom. The third-order valence-corrected chi connectivity index (χ3v) is 6.58. The first-order chi connectivity index (χ1) is 7.58. The van der Waals surface area contributed by atoms with Gasteiger partial charge in [0.2, 0.25) is 0 Å². The van der Waals surface area contributed by atoms with Gasteiger partial charge in [-0.05, 0) is 30.1 Å². The molecule has 16 heavy (non-hydrogen) atoms. The van der Waals surface area contributed by atoms with Crippen LogP contribution in [0.25, 0.3) is 0 Å². The van der Waals surface area contributed by atoms with Gasteiger partial charge in [-0.3, -0.25) is 0 Å². The minimum absolute atomic E-state index is 0.107. The summed E-state index contributed by atoms with van der Waals surface area (Å²) in [5, 5.41) is 28.1. The van der Waals surface area contributed by atoms with E-state index in [0.717, 1.165) is 12.1 Å². The van der Waals surface area contributed by atoms with Crippen LogP contribution in [-0.2, 0) is 4.79 Å². The van der Waals surface area contributed by atoms with Crippen LogP contribution >= 0.6 is 0 Å². The molecule has 5 aliphatic carbocycles. The number of hydrogen-bond donors (Lipinski definition) is 3. The summed E-state index contributed by atoms with van der Waals surface area (Å²) in [7, 11) is 0. The Balaban J connectivity index is 1.81. The molecule has 3 N–H and O–H groups in total. The molecule has 0 amide bonds. The average molecular weight is 219 g/mol. The van der Waals surface area contributed by atoms with Gasteiger partial charge in [0.25, 0.3) is 0 Å². The van der Waals surface area contributed by atoms with Crippen molar-refractivity contribution < 1.29 is 15.0 Å². The number of carboxylic acids is 1. The fourth-order valence-corrected chi connectivity index (χ4v) is 6.57. The van der Waals surface area contributed by atoms with Gasteiger partial charge in [0, 0.05) is 29.4 Å². The second-order valence-corrected chi connectivity index (χ2v) is 6.41. The summed E-state index contributed by atoms with van der Waals surface area (Å²) in [5.41, 5.74) is -0.705. The molecular weight excluding hydrogens is 206 g/mol. The monoisotopic (exact) mass is 219 g/mol. The van der Waals surface area contributed by atoms with Crippen LogP contribution in [-0.4, -0.2) is 27.5 Å². The molecule has 0 heterocycles. The first-order valence-electron chi connectivity index (χ1n) is 6.12. The zero-order valence-corrected chi connectivity index (χ0v) is 8.63. The van der Waals surface area contributed by atoms with E-state index in [4.69, 9.17) is 5.41 Å². The van der Waals surface area contributed by atoms with Crippen molar-refractivity contribution in [1.29, 1.82) is 5.41 Å². The molecule has 2 bridgehead atoms. The molecule has 4 nitrogen and oxygen atoms in total. The molecule has 0 spiro atoms. The number of fused-ring (bicyclic) bond motifs is 2. The smallest absolute Gasteiger partial charge is 0.336 e. The van der Waals surface area contributed by atoms with E-state index in [1.807, 2.05) is 0 Å². The summed E-state index contributed by atoms with van der Waals surface area (Å²) >= 11 is 0. The third-order valence-electron chi connectivity index (χ3n) is 6.58. The largest absolute Gasteiger partial charge is 0.479 e. The maximum atomic E-state index is 11.4. The van der Waals surface area contributed by atoms with Crippen molar-refractivity contribution in [3.05, 3.63) is 0 Å². The number of rotatable bonds is 1. The van der Waals surface area contributed by atoms with E-state index in [1.54, 1.807) is 0 Å². The quantitative estimate of drug-likeness (QED) is 0.589. The predicted octanol–water partition coefficient (Wildman–Crippen LogP) is 0.210. The van der Waals surface area contributed by atoms with Crippen LogP contribution < -0.4 is 0 Å². The molecule has 0 aliphatic heterocycles. The van der Waals surface area contributed by atoms with E-state index in [0.29, 0.717) is 23.7 Å². The molecule has 5 saturated carbocycles. The van der Waals surface area contributed by atoms with Gasteiger partial charge < -0.3 is 15.6 Å². The fraction of sp³-hybridized carbons (Fsp3) is 0.833. The molecule has 0 saturated heterocycles. The van der Waals surface area contributed by atoms with E-state index in [9.17, 15) is 15.0 Å². The maximum Gasteiger partial charge on any atom is 0.336 e. The lowest BCUT2D eigenvalue weighted by atomic mass is 9.55. The topological polar surface area (TPSA) is 81.4 Å². The molecule has 4 heteroatoms. The van der Waals surface area contributed by atoms with E-state index >= 15 is 0 Å². The Morgan fingerprint density at radius 2 is 2.00 bits per heavy atom. The summed E-state index contributed by atoms with van der Waals surface area (Å²) < 4.78 is 0. The van der Waals surface area contributed by atoms with Crippen LogP contribution in [0.2, 0.25) is 0 Å². The van der Waals surface area contributed by atoms with Gasteiger partial charge in [-0.2, -0.15) is 0 Å². The molecule has 0 aromatic heterocycles. The van der Waals surface area contributed by atoms with Crippen LogP contribution in [0.4, 0.5) is 0 Å². The Kier molecular flexibility index (Phi) is 0.955. The molecule has 0 aromatic carbocycles. The summed E-state index contributed by atoms with van der Waals surface area (Å²) in [5.74, 6) is 0.887. The number of hydrogen-bond acceptors (Lipinski definition) is 3. The lowest BCUT2D eigenvalue weighted by Crippen LogP contribution is -2.61. The SMILES string of the molecule is N=C1[C@H]2[C@@H]3C[C@@H]4[C@@H]5[C@H]3[C@H]1[C@@H]5C(O)(C(=O)O)[C@H]42. The minimum atomic E-state index is -1.49. The van der Waals surface area contributed by atoms with Crippen molar-refractivity contribution >= 4 is 11.7 Å². The normalized spacial score (nSPS) is 71.4. The summed E-state index contributed by atoms with van der Waals surface area (Å²) in [6.07, 6.45) is 1.08. The van der Waals surface area contributed by atoms with E-state index in [-0.39, 0.29) is 23.7 Å². The highest BCUT2D eigenvalue weighted by Crippen LogP contribution is 2.84. The minimum Gasteiger partial charge on any atom is -0.479 e. The van der Waals surface area contributed by atoms with Gasteiger partial charge in [-0.15, -0.1) is 0 Å². The van der Waals surface area contributed by atoms with E-state index < -0.39 is 11.6 Å². The number of carbonyl (C=O) groups is 1. The van der Waals surface area contributed by atoms with E-state index in [2.05, 4.69) is 0 Å². The lowest BCUT2D eigenvalue weighted by molar-refractivity contribution is -0.178. The number of carboxylic acid groups (broad SMARTS) is 1. The van der Waals surface area contributed by atoms with Crippen LogP contribution in [0.3, 0.4) is 0 Å². The summed E-state index contributed by atoms with van der Waals surface area (Å²) in [4.78, 5) is 11.4. The Hall–Kier alpha value is -0.900. The Morgan fingerprint density at radius 1 is 1.25 bits per heavy atom. The molecule has 5 rings (SSSR count). The van der Waals surface area contributed by atoms with Gasteiger partial charge in [0.15, 0.2) is 5.60 Å². The van der Waals surface area contributed by atoms with Crippen LogP contribution in [0.5, 0.6) is 0 Å². The van der Waals surface area contributed by atoms with Gasteiger partial charge in [-0.1, -0.05) is 0 Å². The van der Waals surface area contributed by atoms with Gasteiger partial charge >= 0.3 is 5.97 Å². The second-order valence-electron chi connectivity index (χ2n) is 6.41. The molecule has 9 atom stereocenters. The van der Waals surface area contributed by atoms with Crippen LogP contribution in [0.15, 0.2) is 0 Å². The van der Waals surface area contributed by atoms with Crippen LogP contribution in [0.1, 0.15) is 6.42 Å². The molecule has 84 valence electrons. The van der Waals surface area contributed by atoms with Crippen molar-refractivity contribution in [3.63, 3.8) is 0 Å². The Bertz CT molecular complexity index is 475. The molecule has 0 aromatic rings. The van der Waals surface area contributed by atoms with E-state index in [1.165, 1.54) is 0 Å². The third kappa shape index (κ3) is 0.453. The van der Waals surface area contributed by atoms with Gasteiger partial charge in [0.1, 0.15) is 0 Å². The zero-order valence-electron chi connectivity index (χ0n) is 8.63. The zero-order chi connectivity index (χ0) is 11.0. The average Bonchev–Trinajstić information content (AvgIpc) is 2.67. The maximum absolute atomic E-state index is 11.4. The highest BCUT2D eigenvalue weighted by atomic mass is 16.4. The second kappa shape index (κ2) is 1.86. The fourth-order valence-electron chi connectivity index (χ4n) is 6.57. The standard InChI is InChI=1S/C12H13NO3/c13-10-6-2-1-3-5-4(2)7(10)9(5)12(16,8(3)6)11(14)15/h2-9,13,16H,1H2,(H,14,15)/t2-,3-,4+,5-,6+,7+,8-,9-,12?/m1/s1. The van der Waals surface area contributed by atoms with Crippen molar-refractivity contribution in [2.45, 2.75) is 12.0 Å². The lowest BCUT2D eigenvalue weighted by Gasteiger charge is -2.49. The highest BCUT2D eigenvalue weighted by molar-refractivity contribution is 5.97. The van der Waals surface area contributed by atoms with Crippen molar-refractivity contribution in [2.24, 2.45) is 47.3 Å². The van der Waals surface area contributed by atoms with Crippen molar-refractivity contribution in [2.75, 3.05) is 0 Å². The summed E-state index contributed by atoms with van der Waals surface area (Å²) in [6, 6.07) is 0. The molecular formula is C12H13NO3. The van der Waals surface area contributed by atoms with Crippen molar-refractivity contribution in [1.82, 2.24) is 0 Å².